The van der Waals surface area contributed by atoms with E-state index in [4.69, 9.17) is 5.11 Å². The van der Waals surface area contributed by atoms with Crippen molar-refractivity contribution in [3.05, 3.63) is 32.6 Å². The standard InChI is InChI=1S/C10H13N3O5/c1-5(9(16)17)4-13(2)8(15)6-3-7(14)12-10(18)11-6/h3,5H,4H2,1-2H3,(H,16,17)(H2,11,12,14,18). The largest absolute Gasteiger partial charge is 0.481 e. The van der Waals surface area contributed by atoms with Crippen molar-refractivity contribution in [1.82, 2.24) is 14.9 Å². The minimum absolute atomic E-state index is 0.0248. The normalized spacial score (nSPS) is 11.9. The van der Waals surface area contributed by atoms with Crippen LogP contribution in [0, 0.1) is 5.92 Å². The Kier molecular flexibility index (Phi) is 4.03. The van der Waals surface area contributed by atoms with Crippen LogP contribution in [0.1, 0.15) is 17.4 Å². The van der Waals surface area contributed by atoms with Crippen LogP contribution in [0.5, 0.6) is 0 Å². The fourth-order valence-corrected chi connectivity index (χ4v) is 1.36. The third kappa shape index (κ3) is 3.30. The van der Waals surface area contributed by atoms with Crippen LogP contribution in [0.3, 0.4) is 0 Å². The quantitative estimate of drug-likeness (QED) is 0.627. The Labute approximate surface area is 101 Å². The minimum atomic E-state index is -1.03. The molecule has 1 aromatic rings. The Morgan fingerprint density at radius 3 is 2.50 bits per heavy atom. The van der Waals surface area contributed by atoms with E-state index in [2.05, 4.69) is 4.98 Å². The first-order chi connectivity index (χ1) is 8.31. The van der Waals surface area contributed by atoms with Crippen LogP contribution in [0.15, 0.2) is 15.7 Å². The Balaban J connectivity index is 2.90. The molecule has 1 rings (SSSR count). The molecule has 1 aromatic heterocycles. The Morgan fingerprint density at radius 2 is 2.00 bits per heavy atom. The van der Waals surface area contributed by atoms with Gasteiger partial charge in [0.1, 0.15) is 5.69 Å². The predicted molar refractivity (Wildman–Crippen MR) is 61.4 cm³/mol. The molecule has 1 atom stereocenters. The molecule has 0 saturated carbocycles. The van der Waals surface area contributed by atoms with Crippen LogP contribution in [-0.2, 0) is 4.79 Å². The third-order valence-corrected chi connectivity index (χ3v) is 2.31. The lowest BCUT2D eigenvalue weighted by molar-refractivity contribution is -0.141. The van der Waals surface area contributed by atoms with Gasteiger partial charge in [0.05, 0.1) is 5.92 Å². The molecule has 1 heterocycles. The number of H-pyrrole nitrogens is 2. The molecule has 1 amide bonds. The number of amides is 1. The second-order valence-corrected chi connectivity index (χ2v) is 3.93. The molecule has 18 heavy (non-hydrogen) atoms. The number of carbonyl (C=O) groups is 2. The second-order valence-electron chi connectivity index (χ2n) is 3.93. The van der Waals surface area contributed by atoms with Gasteiger partial charge in [-0.3, -0.25) is 19.4 Å². The molecule has 0 aromatic carbocycles. The Morgan fingerprint density at radius 1 is 1.39 bits per heavy atom. The molecule has 98 valence electrons. The van der Waals surface area contributed by atoms with Crippen molar-refractivity contribution in [2.45, 2.75) is 6.92 Å². The molecule has 0 saturated heterocycles. The lowest BCUT2D eigenvalue weighted by Gasteiger charge is -2.18. The predicted octanol–water partition coefficient (Wildman–Crippen LogP) is -1.14. The van der Waals surface area contributed by atoms with Crippen molar-refractivity contribution in [1.29, 1.82) is 0 Å². The fourth-order valence-electron chi connectivity index (χ4n) is 1.36. The summed E-state index contributed by atoms with van der Waals surface area (Å²) < 4.78 is 0. The van der Waals surface area contributed by atoms with E-state index < -0.39 is 29.0 Å². The zero-order valence-electron chi connectivity index (χ0n) is 9.89. The number of nitrogens with zero attached hydrogens (tertiary/aromatic N) is 1. The zero-order chi connectivity index (χ0) is 13.9. The summed E-state index contributed by atoms with van der Waals surface area (Å²) in [5.74, 6) is -2.40. The molecule has 8 heteroatoms. The van der Waals surface area contributed by atoms with Crippen LogP contribution in [0.4, 0.5) is 0 Å². The van der Waals surface area contributed by atoms with E-state index in [0.717, 1.165) is 11.0 Å². The van der Waals surface area contributed by atoms with Crippen LogP contribution < -0.4 is 11.2 Å². The molecule has 8 nitrogen and oxygen atoms in total. The highest BCUT2D eigenvalue weighted by Crippen LogP contribution is 2.01. The summed E-state index contributed by atoms with van der Waals surface area (Å²) in [5.41, 5.74) is -1.66. The summed E-state index contributed by atoms with van der Waals surface area (Å²) in [5, 5.41) is 8.72. The van der Waals surface area contributed by atoms with Crippen LogP contribution in [-0.4, -0.2) is 45.4 Å². The van der Waals surface area contributed by atoms with E-state index in [1.807, 2.05) is 4.98 Å². The lowest BCUT2D eigenvalue weighted by atomic mass is 10.1. The lowest BCUT2D eigenvalue weighted by Crippen LogP contribution is -2.36. The van der Waals surface area contributed by atoms with Crippen molar-refractivity contribution in [2.75, 3.05) is 13.6 Å². The molecule has 0 aliphatic heterocycles. The van der Waals surface area contributed by atoms with E-state index in [-0.39, 0.29) is 12.2 Å². The van der Waals surface area contributed by atoms with Gasteiger partial charge in [0.25, 0.3) is 11.5 Å². The first kappa shape index (κ1) is 13.7. The van der Waals surface area contributed by atoms with Gasteiger partial charge in [-0.15, -0.1) is 0 Å². The maximum Gasteiger partial charge on any atom is 0.326 e. The summed E-state index contributed by atoms with van der Waals surface area (Å²) in [4.78, 5) is 49.7. The zero-order valence-corrected chi connectivity index (χ0v) is 9.89. The van der Waals surface area contributed by atoms with Crippen molar-refractivity contribution in [2.24, 2.45) is 5.92 Å². The number of aromatic nitrogens is 2. The number of aromatic amines is 2. The number of carboxylic acid groups (broad SMARTS) is 1. The molecule has 0 bridgehead atoms. The number of hydrogen-bond acceptors (Lipinski definition) is 4. The summed E-state index contributed by atoms with van der Waals surface area (Å²) in [7, 11) is 1.39. The van der Waals surface area contributed by atoms with Crippen molar-refractivity contribution in [3.63, 3.8) is 0 Å². The van der Waals surface area contributed by atoms with Gasteiger partial charge in [-0.1, -0.05) is 6.92 Å². The van der Waals surface area contributed by atoms with Crippen molar-refractivity contribution >= 4 is 11.9 Å². The van der Waals surface area contributed by atoms with Crippen molar-refractivity contribution < 1.29 is 14.7 Å². The van der Waals surface area contributed by atoms with Crippen molar-refractivity contribution in [3.8, 4) is 0 Å². The topological polar surface area (TPSA) is 123 Å². The summed E-state index contributed by atoms with van der Waals surface area (Å²) >= 11 is 0. The SMILES string of the molecule is CC(CN(C)C(=O)c1cc(=O)[nH]c(=O)[nH]1)C(=O)O. The van der Waals surface area contributed by atoms with Gasteiger partial charge in [-0.25, -0.2) is 4.79 Å². The fraction of sp³-hybridized carbons (Fsp3) is 0.400. The highest BCUT2D eigenvalue weighted by atomic mass is 16.4. The van der Waals surface area contributed by atoms with Gasteiger partial charge in [-0.05, 0) is 0 Å². The van der Waals surface area contributed by atoms with Crippen LogP contribution in [0.2, 0.25) is 0 Å². The summed E-state index contributed by atoms with van der Waals surface area (Å²) in [6.07, 6.45) is 0. The van der Waals surface area contributed by atoms with Gasteiger partial charge in [0.15, 0.2) is 0 Å². The number of carbonyl (C=O) groups excluding carboxylic acids is 1. The molecular formula is C10H13N3O5. The molecule has 0 spiro atoms. The van der Waals surface area contributed by atoms with E-state index >= 15 is 0 Å². The first-order valence-electron chi connectivity index (χ1n) is 5.13. The van der Waals surface area contributed by atoms with Gasteiger partial charge in [-0.2, -0.15) is 0 Å². The average Bonchev–Trinajstić information content (AvgIpc) is 2.26. The van der Waals surface area contributed by atoms with E-state index in [1.165, 1.54) is 14.0 Å². The van der Waals surface area contributed by atoms with E-state index in [0.29, 0.717) is 0 Å². The monoisotopic (exact) mass is 255 g/mol. The highest BCUT2D eigenvalue weighted by molar-refractivity contribution is 5.92. The van der Waals surface area contributed by atoms with Crippen LogP contribution >= 0.6 is 0 Å². The minimum Gasteiger partial charge on any atom is -0.481 e. The molecule has 0 aliphatic rings. The maximum atomic E-state index is 11.8. The number of hydrogen-bond donors (Lipinski definition) is 3. The number of aliphatic carboxylic acids is 1. The van der Waals surface area contributed by atoms with E-state index in [9.17, 15) is 19.2 Å². The molecule has 0 fully saturated rings. The molecule has 1 unspecified atom stereocenters. The number of carboxylic acids is 1. The third-order valence-electron chi connectivity index (χ3n) is 2.31. The smallest absolute Gasteiger partial charge is 0.326 e. The maximum absolute atomic E-state index is 11.8. The first-order valence-corrected chi connectivity index (χ1v) is 5.13. The highest BCUT2D eigenvalue weighted by Gasteiger charge is 2.19. The number of nitrogens with one attached hydrogen (secondary N) is 2. The van der Waals surface area contributed by atoms with Crippen LogP contribution in [0.25, 0.3) is 0 Å². The Bertz CT molecular complexity index is 545. The Hall–Kier alpha value is -2.38. The summed E-state index contributed by atoms with van der Waals surface area (Å²) in [6, 6.07) is 0.950. The van der Waals surface area contributed by atoms with Gasteiger partial charge >= 0.3 is 11.7 Å². The van der Waals surface area contributed by atoms with Gasteiger partial charge in [0.2, 0.25) is 0 Å². The van der Waals surface area contributed by atoms with Gasteiger partial charge < -0.3 is 15.0 Å². The average molecular weight is 255 g/mol. The molecular weight excluding hydrogens is 242 g/mol. The second kappa shape index (κ2) is 5.30. The molecule has 3 N–H and O–H groups in total. The summed E-state index contributed by atoms with van der Waals surface area (Å²) in [6.45, 7) is 1.43. The van der Waals surface area contributed by atoms with Gasteiger partial charge in [0, 0.05) is 19.7 Å². The van der Waals surface area contributed by atoms with E-state index in [1.54, 1.807) is 0 Å². The number of rotatable bonds is 4. The molecule has 0 aliphatic carbocycles. The molecule has 0 radical (unpaired) electrons.